The number of rotatable bonds is 4. The number of para-hydroxylation sites is 1. The molecular formula is C19H22ClN3O4. The van der Waals surface area contributed by atoms with Gasteiger partial charge in [-0.3, -0.25) is 24.6 Å². The number of aliphatic hydroxyl groups excluding tert-OH is 1. The van der Waals surface area contributed by atoms with Crippen molar-refractivity contribution in [1.29, 1.82) is 0 Å². The van der Waals surface area contributed by atoms with Gasteiger partial charge in [0.15, 0.2) is 0 Å². The summed E-state index contributed by atoms with van der Waals surface area (Å²) in [5.41, 5.74) is -0.397. The van der Waals surface area contributed by atoms with E-state index in [1.807, 2.05) is 6.92 Å². The third-order valence-corrected chi connectivity index (χ3v) is 6.30. The van der Waals surface area contributed by atoms with Crippen LogP contribution in [0.25, 0.3) is 0 Å². The van der Waals surface area contributed by atoms with E-state index in [9.17, 15) is 19.5 Å². The molecule has 1 aromatic carbocycles. The fourth-order valence-electron chi connectivity index (χ4n) is 4.73. The lowest BCUT2D eigenvalue weighted by molar-refractivity contribution is -0.143. The van der Waals surface area contributed by atoms with Crippen LogP contribution in [0, 0.1) is 11.8 Å². The highest BCUT2D eigenvalue weighted by atomic mass is 35.5. The Morgan fingerprint density at radius 2 is 2.04 bits per heavy atom. The summed E-state index contributed by atoms with van der Waals surface area (Å²) >= 11 is 6.25. The van der Waals surface area contributed by atoms with E-state index in [0.29, 0.717) is 29.2 Å². The van der Waals surface area contributed by atoms with Crippen LogP contribution in [-0.2, 0) is 19.9 Å². The molecule has 1 spiro atoms. The summed E-state index contributed by atoms with van der Waals surface area (Å²) in [6.45, 7) is 3.87. The average Bonchev–Trinajstić information content (AvgIpc) is 3.21. The van der Waals surface area contributed by atoms with Crippen LogP contribution >= 0.6 is 11.6 Å². The van der Waals surface area contributed by atoms with E-state index in [-0.39, 0.29) is 11.8 Å². The monoisotopic (exact) mass is 391 g/mol. The van der Waals surface area contributed by atoms with Crippen LogP contribution in [0.15, 0.2) is 18.2 Å². The number of benzene rings is 1. The van der Waals surface area contributed by atoms with Crippen molar-refractivity contribution in [3.8, 4) is 0 Å². The highest BCUT2D eigenvalue weighted by molar-refractivity contribution is 6.35. The number of aliphatic hydroxyl groups is 1. The summed E-state index contributed by atoms with van der Waals surface area (Å²) in [6.07, 6.45) is 0.635. The fraction of sp³-hybridized carbons (Fsp3) is 0.526. The van der Waals surface area contributed by atoms with Crippen molar-refractivity contribution in [2.24, 2.45) is 11.8 Å². The van der Waals surface area contributed by atoms with E-state index in [2.05, 4.69) is 10.6 Å². The molecular weight excluding hydrogens is 370 g/mol. The minimum Gasteiger partial charge on any atom is -0.392 e. The van der Waals surface area contributed by atoms with Crippen molar-refractivity contribution in [3.05, 3.63) is 28.8 Å². The lowest BCUT2D eigenvalue weighted by Gasteiger charge is -2.30. The lowest BCUT2D eigenvalue weighted by atomic mass is 9.76. The van der Waals surface area contributed by atoms with Gasteiger partial charge in [0.05, 0.1) is 28.6 Å². The minimum atomic E-state index is -1.40. The number of carbonyl (C=O) groups is 3. The lowest BCUT2D eigenvalue weighted by Crippen LogP contribution is -2.54. The number of hydrogen-bond donors (Lipinski definition) is 3. The molecule has 3 N–H and O–H groups in total. The number of anilines is 1. The van der Waals surface area contributed by atoms with Gasteiger partial charge in [-0.1, -0.05) is 37.1 Å². The molecule has 3 heterocycles. The van der Waals surface area contributed by atoms with Gasteiger partial charge < -0.3 is 10.4 Å². The Labute approximate surface area is 162 Å². The molecule has 3 amide bonds. The molecule has 0 aliphatic carbocycles. The number of amides is 3. The fourth-order valence-corrected chi connectivity index (χ4v) is 4.96. The largest absolute Gasteiger partial charge is 0.392 e. The average molecular weight is 392 g/mol. The van der Waals surface area contributed by atoms with Gasteiger partial charge in [-0.2, -0.15) is 0 Å². The predicted molar refractivity (Wildman–Crippen MR) is 99.0 cm³/mol. The molecule has 7 nitrogen and oxygen atoms in total. The zero-order valence-corrected chi connectivity index (χ0v) is 15.9. The molecule has 0 aromatic heterocycles. The van der Waals surface area contributed by atoms with Crippen LogP contribution in [0.5, 0.6) is 0 Å². The van der Waals surface area contributed by atoms with Gasteiger partial charge in [0.25, 0.3) is 0 Å². The quantitative estimate of drug-likeness (QED) is 0.671. The number of carbonyl (C=O) groups excluding carboxylic acids is 3. The molecule has 0 bridgehead atoms. The standard InChI is InChI=1S/C19H22ClN3O4/c1-3-4-8-23-16(25)12-13(17(23)26)19(22-14(12)9(2)24)10-6-5-7-11(20)15(10)21-18(19)27/h5-7,9,12-14,22,24H,3-4,8H2,1-2H3,(H,21,27)/t9-,12-,13-,14-,19-/m1/s1. The van der Waals surface area contributed by atoms with Crippen LogP contribution in [-0.4, -0.2) is 46.4 Å². The summed E-state index contributed by atoms with van der Waals surface area (Å²) in [5.74, 6) is -2.79. The molecule has 4 rings (SSSR count). The Morgan fingerprint density at radius 3 is 2.70 bits per heavy atom. The Balaban J connectivity index is 1.87. The first kappa shape index (κ1) is 18.4. The number of fused-ring (bicyclic) bond motifs is 4. The van der Waals surface area contributed by atoms with Gasteiger partial charge in [-0.05, 0) is 19.4 Å². The van der Waals surface area contributed by atoms with Crippen molar-refractivity contribution in [1.82, 2.24) is 10.2 Å². The second kappa shape index (κ2) is 6.29. The van der Waals surface area contributed by atoms with E-state index in [1.165, 1.54) is 4.90 Å². The van der Waals surface area contributed by atoms with Crippen molar-refractivity contribution in [2.75, 3.05) is 11.9 Å². The predicted octanol–water partition coefficient (Wildman–Crippen LogP) is 1.24. The molecule has 2 saturated heterocycles. The topological polar surface area (TPSA) is 98.7 Å². The number of nitrogens with zero attached hydrogens (tertiary/aromatic N) is 1. The molecule has 3 aliphatic heterocycles. The van der Waals surface area contributed by atoms with Crippen LogP contribution in [0.3, 0.4) is 0 Å². The maximum atomic E-state index is 13.2. The van der Waals surface area contributed by atoms with Gasteiger partial charge in [-0.25, -0.2) is 0 Å². The molecule has 3 aliphatic rings. The third kappa shape index (κ3) is 2.31. The minimum absolute atomic E-state index is 0.322. The van der Waals surface area contributed by atoms with E-state index in [0.717, 1.165) is 6.42 Å². The van der Waals surface area contributed by atoms with Crippen LogP contribution < -0.4 is 10.6 Å². The first-order valence-electron chi connectivity index (χ1n) is 9.26. The zero-order chi connectivity index (χ0) is 19.5. The van der Waals surface area contributed by atoms with Gasteiger partial charge in [-0.15, -0.1) is 0 Å². The molecule has 0 unspecified atom stereocenters. The summed E-state index contributed by atoms with van der Waals surface area (Å²) in [5, 5.41) is 16.6. The normalized spacial score (nSPS) is 32.8. The molecule has 5 atom stereocenters. The molecule has 0 radical (unpaired) electrons. The summed E-state index contributed by atoms with van der Waals surface area (Å²) < 4.78 is 0. The van der Waals surface area contributed by atoms with Crippen molar-refractivity contribution < 1.29 is 19.5 Å². The molecule has 2 fully saturated rings. The van der Waals surface area contributed by atoms with Gasteiger partial charge in [0.1, 0.15) is 5.54 Å². The number of likely N-dealkylation sites (tertiary alicyclic amines) is 1. The number of nitrogens with one attached hydrogen (secondary N) is 2. The van der Waals surface area contributed by atoms with Crippen LogP contribution in [0.2, 0.25) is 5.02 Å². The van der Waals surface area contributed by atoms with Crippen molar-refractivity contribution in [2.45, 2.75) is 44.4 Å². The Kier molecular flexibility index (Phi) is 4.29. The second-order valence-corrected chi connectivity index (χ2v) is 7.93. The molecule has 1 aromatic rings. The van der Waals surface area contributed by atoms with Gasteiger partial charge >= 0.3 is 0 Å². The highest BCUT2D eigenvalue weighted by Crippen LogP contribution is 2.54. The van der Waals surface area contributed by atoms with Crippen LogP contribution in [0.4, 0.5) is 5.69 Å². The van der Waals surface area contributed by atoms with Gasteiger partial charge in [0, 0.05) is 18.2 Å². The molecule has 27 heavy (non-hydrogen) atoms. The number of unbranched alkanes of at least 4 members (excludes halogenated alkanes) is 1. The zero-order valence-electron chi connectivity index (χ0n) is 15.2. The van der Waals surface area contributed by atoms with Gasteiger partial charge in [0.2, 0.25) is 17.7 Å². The Bertz CT molecular complexity index is 842. The molecule has 0 saturated carbocycles. The highest BCUT2D eigenvalue weighted by Gasteiger charge is 2.71. The summed E-state index contributed by atoms with van der Waals surface area (Å²) in [7, 11) is 0. The number of hydrogen-bond acceptors (Lipinski definition) is 5. The Hall–Kier alpha value is -1.96. The SMILES string of the molecule is CCCCN1C(=O)[C@H]2[C@@H]([C@@H](C)O)N[C@@]3(C(=O)Nc4c(Cl)cccc43)[C@H]2C1=O. The van der Waals surface area contributed by atoms with E-state index >= 15 is 0 Å². The molecule has 144 valence electrons. The maximum Gasteiger partial charge on any atom is 0.250 e. The van der Waals surface area contributed by atoms with E-state index in [4.69, 9.17) is 11.6 Å². The summed E-state index contributed by atoms with van der Waals surface area (Å²) in [4.78, 5) is 40.6. The van der Waals surface area contributed by atoms with E-state index < -0.39 is 35.4 Å². The second-order valence-electron chi connectivity index (χ2n) is 7.52. The maximum absolute atomic E-state index is 13.2. The van der Waals surface area contributed by atoms with Crippen LogP contribution in [0.1, 0.15) is 32.3 Å². The van der Waals surface area contributed by atoms with Crippen molar-refractivity contribution in [3.63, 3.8) is 0 Å². The number of imide groups is 1. The van der Waals surface area contributed by atoms with E-state index in [1.54, 1.807) is 25.1 Å². The smallest absolute Gasteiger partial charge is 0.250 e. The molecule has 8 heteroatoms. The Morgan fingerprint density at radius 1 is 1.30 bits per heavy atom. The number of halogens is 1. The summed E-state index contributed by atoms with van der Waals surface area (Å²) in [6, 6.07) is 4.41. The first-order valence-corrected chi connectivity index (χ1v) is 9.63. The first-order chi connectivity index (χ1) is 12.8. The van der Waals surface area contributed by atoms with Crippen molar-refractivity contribution >= 4 is 35.0 Å². The third-order valence-electron chi connectivity index (χ3n) is 5.98.